The van der Waals surface area contributed by atoms with Gasteiger partial charge in [0.2, 0.25) is 5.91 Å². The second-order valence-corrected chi connectivity index (χ2v) is 8.97. The van der Waals surface area contributed by atoms with Crippen LogP contribution in [0.5, 0.6) is 11.5 Å². The molecule has 4 rings (SSSR count). The SMILES string of the molecule is CCCCC(=O)N(CCc1ccc(OC)c(OC)c1)Cc1ccc2c(c1)c1ccccc1n2CC. The number of amides is 1. The molecule has 0 fully saturated rings. The average Bonchev–Trinajstić information content (AvgIpc) is 3.22. The Morgan fingerprint density at radius 2 is 1.60 bits per heavy atom. The van der Waals surface area contributed by atoms with E-state index in [0.29, 0.717) is 31.0 Å². The number of carbonyl (C=O) groups excluding carboxylic acids is 1. The fourth-order valence-electron chi connectivity index (χ4n) is 4.84. The molecule has 1 heterocycles. The van der Waals surface area contributed by atoms with Crippen molar-refractivity contribution < 1.29 is 14.3 Å². The van der Waals surface area contributed by atoms with Gasteiger partial charge in [0.25, 0.3) is 0 Å². The average molecular weight is 473 g/mol. The van der Waals surface area contributed by atoms with Gasteiger partial charge in [-0.1, -0.05) is 43.7 Å². The highest BCUT2D eigenvalue weighted by molar-refractivity contribution is 6.08. The van der Waals surface area contributed by atoms with Gasteiger partial charge in [0, 0.05) is 47.9 Å². The fourth-order valence-corrected chi connectivity index (χ4v) is 4.84. The van der Waals surface area contributed by atoms with Crippen molar-refractivity contribution in [1.29, 1.82) is 0 Å². The number of unbranched alkanes of at least 4 members (excludes halogenated alkanes) is 1. The monoisotopic (exact) mass is 472 g/mol. The Kier molecular flexibility index (Phi) is 7.96. The molecule has 0 spiro atoms. The first-order valence-corrected chi connectivity index (χ1v) is 12.6. The van der Waals surface area contributed by atoms with E-state index in [4.69, 9.17) is 9.47 Å². The molecule has 5 nitrogen and oxygen atoms in total. The van der Waals surface area contributed by atoms with Gasteiger partial charge in [-0.05, 0) is 61.2 Å². The van der Waals surface area contributed by atoms with E-state index in [0.717, 1.165) is 36.9 Å². The summed E-state index contributed by atoms with van der Waals surface area (Å²) in [5.41, 5.74) is 4.78. The van der Waals surface area contributed by atoms with Crippen molar-refractivity contribution in [2.45, 2.75) is 52.6 Å². The molecule has 0 aliphatic heterocycles. The van der Waals surface area contributed by atoms with E-state index in [1.165, 1.54) is 21.8 Å². The lowest BCUT2D eigenvalue weighted by atomic mass is 10.1. The van der Waals surface area contributed by atoms with E-state index in [2.05, 4.69) is 60.9 Å². The van der Waals surface area contributed by atoms with Gasteiger partial charge >= 0.3 is 0 Å². The molecular formula is C30H36N2O3. The first-order valence-electron chi connectivity index (χ1n) is 12.6. The van der Waals surface area contributed by atoms with Crippen LogP contribution in [0.25, 0.3) is 21.8 Å². The lowest BCUT2D eigenvalue weighted by Crippen LogP contribution is -2.32. The van der Waals surface area contributed by atoms with Gasteiger partial charge in [0.15, 0.2) is 11.5 Å². The summed E-state index contributed by atoms with van der Waals surface area (Å²) in [6, 6.07) is 21.2. The lowest BCUT2D eigenvalue weighted by Gasteiger charge is -2.23. The highest BCUT2D eigenvalue weighted by Gasteiger charge is 2.16. The van der Waals surface area contributed by atoms with Crippen molar-refractivity contribution in [2.24, 2.45) is 0 Å². The second kappa shape index (κ2) is 11.3. The molecule has 1 amide bonds. The summed E-state index contributed by atoms with van der Waals surface area (Å²) in [5.74, 6) is 1.64. The van der Waals surface area contributed by atoms with E-state index in [-0.39, 0.29) is 5.91 Å². The molecule has 0 aliphatic rings. The quantitative estimate of drug-likeness (QED) is 0.247. The number of aryl methyl sites for hydroxylation is 1. The maximum absolute atomic E-state index is 13.2. The van der Waals surface area contributed by atoms with E-state index >= 15 is 0 Å². The van der Waals surface area contributed by atoms with Crippen LogP contribution in [0.2, 0.25) is 0 Å². The molecule has 184 valence electrons. The highest BCUT2D eigenvalue weighted by Crippen LogP contribution is 2.30. The molecule has 35 heavy (non-hydrogen) atoms. The molecule has 0 bridgehead atoms. The van der Waals surface area contributed by atoms with Crippen molar-refractivity contribution in [1.82, 2.24) is 9.47 Å². The number of ether oxygens (including phenoxy) is 2. The van der Waals surface area contributed by atoms with Gasteiger partial charge in [-0.15, -0.1) is 0 Å². The number of aromatic nitrogens is 1. The predicted molar refractivity (Wildman–Crippen MR) is 143 cm³/mol. The predicted octanol–water partition coefficient (Wildman–Crippen LogP) is 6.59. The van der Waals surface area contributed by atoms with Crippen LogP contribution in [-0.2, 0) is 24.3 Å². The maximum atomic E-state index is 13.2. The van der Waals surface area contributed by atoms with Crippen LogP contribution in [0.3, 0.4) is 0 Å². The second-order valence-electron chi connectivity index (χ2n) is 8.97. The summed E-state index contributed by atoms with van der Waals surface area (Å²) in [4.78, 5) is 15.2. The third-order valence-corrected chi connectivity index (χ3v) is 6.74. The Labute approximate surface area is 208 Å². The molecule has 0 aliphatic carbocycles. The number of hydrogen-bond donors (Lipinski definition) is 0. The molecular weight excluding hydrogens is 436 g/mol. The molecule has 5 heteroatoms. The molecule has 0 radical (unpaired) electrons. The van der Waals surface area contributed by atoms with Crippen molar-refractivity contribution in [3.63, 3.8) is 0 Å². The Balaban J connectivity index is 1.60. The zero-order valence-electron chi connectivity index (χ0n) is 21.3. The van der Waals surface area contributed by atoms with Crippen molar-refractivity contribution >= 4 is 27.7 Å². The normalized spacial score (nSPS) is 11.2. The Morgan fingerprint density at radius 3 is 2.34 bits per heavy atom. The highest BCUT2D eigenvalue weighted by atomic mass is 16.5. The number of benzene rings is 3. The van der Waals surface area contributed by atoms with Crippen LogP contribution < -0.4 is 9.47 Å². The fraction of sp³-hybridized carbons (Fsp3) is 0.367. The van der Waals surface area contributed by atoms with E-state index in [1.54, 1.807) is 14.2 Å². The van der Waals surface area contributed by atoms with Crippen LogP contribution in [0.1, 0.15) is 44.2 Å². The maximum Gasteiger partial charge on any atom is 0.222 e. The Hall–Kier alpha value is -3.47. The first-order chi connectivity index (χ1) is 17.1. The number of rotatable bonds is 11. The third-order valence-electron chi connectivity index (χ3n) is 6.74. The lowest BCUT2D eigenvalue weighted by molar-refractivity contribution is -0.131. The molecule has 0 saturated heterocycles. The van der Waals surface area contributed by atoms with Crippen LogP contribution in [0.15, 0.2) is 60.7 Å². The summed E-state index contributed by atoms with van der Waals surface area (Å²) < 4.78 is 13.2. The summed E-state index contributed by atoms with van der Waals surface area (Å²) in [6.07, 6.45) is 3.27. The summed E-state index contributed by atoms with van der Waals surface area (Å²) in [5, 5.41) is 2.51. The third kappa shape index (κ3) is 5.29. The zero-order valence-corrected chi connectivity index (χ0v) is 21.3. The molecule has 1 aromatic heterocycles. The van der Waals surface area contributed by atoms with Gasteiger partial charge in [-0.25, -0.2) is 0 Å². The minimum atomic E-state index is 0.211. The number of methoxy groups -OCH3 is 2. The minimum absolute atomic E-state index is 0.211. The Morgan fingerprint density at radius 1 is 0.857 bits per heavy atom. The van der Waals surface area contributed by atoms with Gasteiger partial charge in [-0.2, -0.15) is 0 Å². The molecule has 3 aromatic carbocycles. The van der Waals surface area contributed by atoms with Gasteiger partial charge in [0.1, 0.15) is 0 Å². The van der Waals surface area contributed by atoms with Gasteiger partial charge < -0.3 is 18.9 Å². The molecule has 0 N–H and O–H groups in total. The van der Waals surface area contributed by atoms with Crippen molar-refractivity contribution in [3.05, 3.63) is 71.8 Å². The van der Waals surface area contributed by atoms with Crippen LogP contribution in [0.4, 0.5) is 0 Å². The van der Waals surface area contributed by atoms with E-state index in [1.807, 2.05) is 23.1 Å². The Bertz CT molecular complexity index is 1310. The molecule has 0 unspecified atom stereocenters. The molecule has 0 saturated carbocycles. The minimum Gasteiger partial charge on any atom is -0.493 e. The number of para-hydroxylation sites is 1. The topological polar surface area (TPSA) is 43.7 Å². The molecule has 0 atom stereocenters. The van der Waals surface area contributed by atoms with E-state index < -0.39 is 0 Å². The largest absolute Gasteiger partial charge is 0.493 e. The first kappa shape index (κ1) is 24.6. The standard InChI is InChI=1S/C30H36N2O3/c1-5-7-12-30(33)31(18-17-22-14-16-28(34-3)29(20-22)35-4)21-23-13-15-27-25(19-23)24-10-8-9-11-26(24)32(27)6-2/h8-11,13-16,19-20H,5-7,12,17-18,21H2,1-4H3. The summed E-state index contributed by atoms with van der Waals surface area (Å²) in [7, 11) is 3.29. The summed E-state index contributed by atoms with van der Waals surface area (Å²) in [6.45, 7) is 6.50. The van der Waals surface area contributed by atoms with Gasteiger partial charge in [0.05, 0.1) is 14.2 Å². The number of carbonyl (C=O) groups is 1. The van der Waals surface area contributed by atoms with E-state index in [9.17, 15) is 4.79 Å². The summed E-state index contributed by atoms with van der Waals surface area (Å²) >= 11 is 0. The van der Waals surface area contributed by atoms with Crippen LogP contribution in [-0.4, -0.2) is 36.1 Å². The van der Waals surface area contributed by atoms with Gasteiger partial charge in [-0.3, -0.25) is 4.79 Å². The van der Waals surface area contributed by atoms with Crippen molar-refractivity contribution in [2.75, 3.05) is 20.8 Å². The smallest absolute Gasteiger partial charge is 0.222 e. The van der Waals surface area contributed by atoms with Crippen LogP contribution in [0, 0.1) is 0 Å². The van der Waals surface area contributed by atoms with Crippen molar-refractivity contribution in [3.8, 4) is 11.5 Å². The number of hydrogen-bond acceptors (Lipinski definition) is 3. The number of nitrogens with zero attached hydrogens (tertiary/aromatic N) is 2. The zero-order chi connectivity index (χ0) is 24.8. The molecule has 4 aromatic rings. The number of fused-ring (bicyclic) bond motifs is 3. The van der Waals surface area contributed by atoms with Crippen LogP contribution >= 0.6 is 0 Å².